The Labute approximate surface area is 144 Å². The van der Waals surface area contributed by atoms with Gasteiger partial charge in [-0.05, 0) is 18.2 Å². The molecule has 0 atom stereocenters. The van der Waals surface area contributed by atoms with Crippen molar-refractivity contribution in [2.75, 3.05) is 26.0 Å². The van der Waals surface area contributed by atoms with E-state index in [1.807, 2.05) is 18.2 Å². The number of pyridine rings is 1. The zero-order valence-corrected chi connectivity index (χ0v) is 14.0. The van der Waals surface area contributed by atoms with Crippen LogP contribution in [0.15, 0.2) is 36.5 Å². The molecular weight excluding hydrogens is 316 g/mol. The summed E-state index contributed by atoms with van der Waals surface area (Å²) in [5, 5.41) is 12.4. The third-order valence-electron chi connectivity index (χ3n) is 4.25. The lowest BCUT2D eigenvalue weighted by Crippen LogP contribution is -2.18. The molecule has 1 aromatic carbocycles. The van der Waals surface area contributed by atoms with Gasteiger partial charge in [-0.3, -0.25) is 5.10 Å². The predicted octanol–water partition coefficient (Wildman–Crippen LogP) is 2.42. The molecule has 128 valence electrons. The topological polar surface area (TPSA) is 105 Å². The normalized spacial score (nSPS) is 11.6. The number of benzene rings is 1. The number of anilines is 1. The van der Waals surface area contributed by atoms with Gasteiger partial charge >= 0.3 is 0 Å². The molecule has 0 aliphatic heterocycles. The van der Waals surface area contributed by atoms with Gasteiger partial charge in [0.15, 0.2) is 0 Å². The maximum absolute atomic E-state index is 6.19. The van der Waals surface area contributed by atoms with E-state index in [-0.39, 0.29) is 0 Å². The highest BCUT2D eigenvalue weighted by Crippen LogP contribution is 2.30. The van der Waals surface area contributed by atoms with Crippen LogP contribution in [0.4, 0.5) is 5.82 Å². The summed E-state index contributed by atoms with van der Waals surface area (Å²) in [5.41, 5.74) is 11.0. The average Bonchev–Trinajstić information content (AvgIpc) is 3.28. The van der Waals surface area contributed by atoms with Crippen LogP contribution in [-0.4, -0.2) is 40.4 Å². The molecule has 4 aromatic rings. The number of rotatable bonds is 6. The average molecular weight is 336 g/mol. The van der Waals surface area contributed by atoms with Gasteiger partial charge in [0.1, 0.15) is 5.82 Å². The Morgan fingerprint density at radius 2 is 2.12 bits per heavy atom. The van der Waals surface area contributed by atoms with E-state index in [1.165, 1.54) is 0 Å². The SMILES string of the molecule is COCCNCc1cc2c(N)nc3cc(-c4cc[nH]n4)ccc3c2[nH]1. The Hall–Kier alpha value is -2.90. The molecule has 25 heavy (non-hydrogen) atoms. The number of fused-ring (bicyclic) bond motifs is 3. The van der Waals surface area contributed by atoms with Gasteiger partial charge in [-0.25, -0.2) is 4.98 Å². The molecule has 0 amide bonds. The predicted molar refractivity (Wildman–Crippen MR) is 99.2 cm³/mol. The second-order valence-corrected chi connectivity index (χ2v) is 5.94. The number of nitrogens with two attached hydrogens (primary N) is 1. The van der Waals surface area contributed by atoms with Gasteiger partial charge in [0.2, 0.25) is 0 Å². The van der Waals surface area contributed by atoms with Crippen molar-refractivity contribution in [1.29, 1.82) is 0 Å². The van der Waals surface area contributed by atoms with Gasteiger partial charge in [0.25, 0.3) is 0 Å². The van der Waals surface area contributed by atoms with Crippen LogP contribution in [0, 0.1) is 0 Å². The van der Waals surface area contributed by atoms with Crippen molar-refractivity contribution in [3.05, 3.63) is 42.2 Å². The zero-order valence-electron chi connectivity index (χ0n) is 14.0. The highest BCUT2D eigenvalue weighted by Gasteiger charge is 2.11. The maximum atomic E-state index is 6.19. The summed E-state index contributed by atoms with van der Waals surface area (Å²) in [5.74, 6) is 0.529. The fourth-order valence-corrected chi connectivity index (χ4v) is 3.02. The van der Waals surface area contributed by atoms with Gasteiger partial charge in [0.05, 0.1) is 23.3 Å². The third-order valence-corrected chi connectivity index (χ3v) is 4.25. The molecule has 0 spiro atoms. The highest BCUT2D eigenvalue weighted by atomic mass is 16.5. The summed E-state index contributed by atoms with van der Waals surface area (Å²) in [6.07, 6.45) is 1.80. The number of aromatic nitrogens is 4. The number of aromatic amines is 2. The van der Waals surface area contributed by atoms with Gasteiger partial charge in [-0.1, -0.05) is 12.1 Å². The van der Waals surface area contributed by atoms with Crippen LogP contribution < -0.4 is 11.1 Å². The molecule has 7 nitrogen and oxygen atoms in total. The summed E-state index contributed by atoms with van der Waals surface area (Å²) in [7, 11) is 1.69. The molecule has 7 heteroatoms. The van der Waals surface area contributed by atoms with Crippen LogP contribution >= 0.6 is 0 Å². The van der Waals surface area contributed by atoms with Crippen molar-refractivity contribution in [2.24, 2.45) is 0 Å². The minimum atomic E-state index is 0.529. The van der Waals surface area contributed by atoms with Gasteiger partial charge in [-0.15, -0.1) is 0 Å². The minimum Gasteiger partial charge on any atom is -0.383 e. The second-order valence-electron chi connectivity index (χ2n) is 5.94. The number of ether oxygens (including phenoxy) is 1. The van der Waals surface area contributed by atoms with E-state index < -0.39 is 0 Å². The van der Waals surface area contributed by atoms with E-state index in [1.54, 1.807) is 13.3 Å². The Morgan fingerprint density at radius 1 is 1.20 bits per heavy atom. The molecule has 0 unspecified atom stereocenters. The molecule has 0 saturated carbocycles. The van der Waals surface area contributed by atoms with Crippen molar-refractivity contribution in [3.8, 4) is 11.3 Å². The first-order chi connectivity index (χ1) is 12.3. The van der Waals surface area contributed by atoms with Crippen LogP contribution in [-0.2, 0) is 11.3 Å². The maximum Gasteiger partial charge on any atom is 0.133 e. The van der Waals surface area contributed by atoms with Crippen molar-refractivity contribution in [2.45, 2.75) is 6.54 Å². The molecule has 3 aromatic heterocycles. The summed E-state index contributed by atoms with van der Waals surface area (Å²) >= 11 is 0. The number of hydrogen-bond donors (Lipinski definition) is 4. The quantitative estimate of drug-likeness (QED) is 0.405. The molecule has 0 fully saturated rings. The first-order valence-electron chi connectivity index (χ1n) is 8.17. The van der Waals surface area contributed by atoms with Crippen LogP contribution in [0.25, 0.3) is 33.1 Å². The number of nitrogens with one attached hydrogen (secondary N) is 3. The van der Waals surface area contributed by atoms with Crippen molar-refractivity contribution in [3.63, 3.8) is 0 Å². The molecule has 0 aliphatic carbocycles. The standard InChI is InChI=1S/C18H20N6O/c1-25-7-6-20-10-12-9-14-17(22-12)13-3-2-11(15-4-5-21-24-15)8-16(13)23-18(14)19/h2-5,8-9,20,22H,6-7,10H2,1H3,(H2,19,23)(H,21,24). The van der Waals surface area contributed by atoms with Gasteiger partial charge in [0, 0.05) is 48.4 Å². The monoisotopic (exact) mass is 336 g/mol. The highest BCUT2D eigenvalue weighted by molar-refractivity contribution is 6.08. The molecule has 0 radical (unpaired) electrons. The summed E-state index contributed by atoms with van der Waals surface area (Å²) in [4.78, 5) is 8.04. The Kier molecular flexibility index (Phi) is 4.09. The largest absolute Gasteiger partial charge is 0.383 e. The third kappa shape index (κ3) is 2.95. The number of nitrogen functional groups attached to an aromatic ring is 1. The lowest BCUT2D eigenvalue weighted by molar-refractivity contribution is 0.199. The fourth-order valence-electron chi connectivity index (χ4n) is 3.02. The molecule has 5 N–H and O–H groups in total. The number of methoxy groups -OCH3 is 1. The van der Waals surface area contributed by atoms with Crippen LogP contribution in [0.1, 0.15) is 5.69 Å². The molecule has 0 bridgehead atoms. The number of hydrogen-bond acceptors (Lipinski definition) is 5. The number of nitrogens with zero attached hydrogens (tertiary/aromatic N) is 2. The lowest BCUT2D eigenvalue weighted by Gasteiger charge is -2.04. The van der Waals surface area contributed by atoms with E-state index >= 15 is 0 Å². The molecule has 0 saturated heterocycles. The fraction of sp³-hybridized carbons (Fsp3) is 0.222. The molecule has 4 rings (SSSR count). The van der Waals surface area contributed by atoms with Crippen LogP contribution in [0.2, 0.25) is 0 Å². The molecular formula is C18H20N6O. The van der Waals surface area contributed by atoms with E-state index in [0.717, 1.165) is 51.8 Å². The molecule has 0 aliphatic rings. The minimum absolute atomic E-state index is 0.529. The van der Waals surface area contributed by atoms with E-state index in [9.17, 15) is 0 Å². The van der Waals surface area contributed by atoms with Crippen LogP contribution in [0.3, 0.4) is 0 Å². The Balaban J connectivity index is 1.73. The summed E-state index contributed by atoms with van der Waals surface area (Å²) in [6, 6.07) is 10.1. The second kappa shape index (κ2) is 6.54. The first-order valence-corrected chi connectivity index (χ1v) is 8.17. The lowest BCUT2D eigenvalue weighted by atomic mass is 10.1. The Bertz CT molecular complexity index is 1010. The molecule has 3 heterocycles. The van der Waals surface area contributed by atoms with Crippen molar-refractivity contribution in [1.82, 2.24) is 25.5 Å². The Morgan fingerprint density at radius 3 is 2.92 bits per heavy atom. The van der Waals surface area contributed by atoms with Crippen molar-refractivity contribution >= 4 is 27.6 Å². The van der Waals surface area contributed by atoms with Gasteiger partial charge < -0.3 is 20.8 Å². The van der Waals surface area contributed by atoms with Gasteiger partial charge in [-0.2, -0.15) is 5.10 Å². The number of H-pyrrole nitrogens is 2. The van der Waals surface area contributed by atoms with E-state index in [4.69, 9.17) is 10.5 Å². The smallest absolute Gasteiger partial charge is 0.133 e. The van der Waals surface area contributed by atoms with E-state index in [0.29, 0.717) is 12.4 Å². The van der Waals surface area contributed by atoms with Crippen molar-refractivity contribution < 1.29 is 4.74 Å². The summed E-state index contributed by atoms with van der Waals surface area (Å²) < 4.78 is 5.05. The van der Waals surface area contributed by atoms with Crippen LogP contribution in [0.5, 0.6) is 0 Å². The van der Waals surface area contributed by atoms with E-state index in [2.05, 4.69) is 37.6 Å². The first kappa shape index (κ1) is 15.6. The zero-order chi connectivity index (χ0) is 17.2. The summed E-state index contributed by atoms with van der Waals surface area (Å²) in [6.45, 7) is 2.21.